The van der Waals surface area contributed by atoms with E-state index >= 15 is 0 Å². The zero-order valence-electron chi connectivity index (χ0n) is 11.9. The Hall–Kier alpha value is -1.73. The highest BCUT2D eigenvalue weighted by molar-refractivity contribution is 9.11. The molecule has 0 saturated carbocycles. The van der Waals surface area contributed by atoms with Crippen LogP contribution in [0, 0.1) is 12.7 Å². The van der Waals surface area contributed by atoms with Gasteiger partial charge < -0.3 is 10.6 Å². The largest absolute Gasteiger partial charge is 0.340 e. The Bertz CT molecular complexity index is 717. The van der Waals surface area contributed by atoms with Gasteiger partial charge in [0.05, 0.1) is 8.66 Å². The van der Waals surface area contributed by atoms with E-state index in [9.17, 15) is 14.0 Å². The molecule has 22 heavy (non-hydrogen) atoms. The van der Waals surface area contributed by atoms with Crippen LogP contribution in [-0.2, 0) is 4.79 Å². The van der Waals surface area contributed by atoms with E-state index in [1.165, 1.54) is 17.4 Å². The van der Waals surface area contributed by atoms with Gasteiger partial charge >= 0.3 is 0 Å². The van der Waals surface area contributed by atoms with Gasteiger partial charge in [0.25, 0.3) is 5.91 Å². The standard InChI is InChI=1S/C15H14BrFN2O2S/c1-8-3-4-10(7-11(8)17)19-14(20)9(2)18-15(21)12-5-6-13(16)22-12/h3-7,9H,1-2H3,(H,18,21)(H,19,20)/t9-/m1/s1. The second kappa shape index (κ2) is 7.02. The highest BCUT2D eigenvalue weighted by atomic mass is 79.9. The molecular formula is C15H14BrFN2O2S. The number of anilines is 1. The molecule has 2 N–H and O–H groups in total. The summed E-state index contributed by atoms with van der Waals surface area (Å²) in [6.07, 6.45) is 0. The lowest BCUT2D eigenvalue weighted by molar-refractivity contribution is -0.117. The van der Waals surface area contributed by atoms with Crippen molar-refractivity contribution in [3.63, 3.8) is 0 Å². The summed E-state index contributed by atoms with van der Waals surface area (Å²) in [4.78, 5) is 24.5. The van der Waals surface area contributed by atoms with Crippen molar-refractivity contribution in [3.8, 4) is 0 Å². The van der Waals surface area contributed by atoms with Crippen LogP contribution in [0.25, 0.3) is 0 Å². The molecule has 0 aliphatic heterocycles. The molecule has 4 nitrogen and oxygen atoms in total. The van der Waals surface area contributed by atoms with Crippen molar-refractivity contribution in [2.75, 3.05) is 5.32 Å². The summed E-state index contributed by atoms with van der Waals surface area (Å²) in [5, 5.41) is 5.17. The van der Waals surface area contributed by atoms with Crippen LogP contribution in [0.1, 0.15) is 22.2 Å². The van der Waals surface area contributed by atoms with Gasteiger partial charge in [-0.15, -0.1) is 11.3 Å². The predicted octanol–water partition coefficient (Wildman–Crippen LogP) is 3.72. The summed E-state index contributed by atoms with van der Waals surface area (Å²) in [6, 6.07) is 7.14. The van der Waals surface area contributed by atoms with Crippen molar-refractivity contribution < 1.29 is 14.0 Å². The molecule has 7 heteroatoms. The Labute approximate surface area is 139 Å². The maximum atomic E-state index is 13.4. The van der Waals surface area contributed by atoms with Crippen LogP contribution >= 0.6 is 27.3 Å². The Morgan fingerprint density at radius 3 is 2.59 bits per heavy atom. The minimum absolute atomic E-state index is 0.326. The van der Waals surface area contributed by atoms with Gasteiger partial charge in [-0.25, -0.2) is 4.39 Å². The molecule has 1 aromatic heterocycles. The Morgan fingerprint density at radius 2 is 2.00 bits per heavy atom. The molecule has 2 rings (SSSR count). The van der Waals surface area contributed by atoms with Crippen molar-refractivity contribution in [2.24, 2.45) is 0 Å². The predicted molar refractivity (Wildman–Crippen MR) is 88.7 cm³/mol. The molecule has 1 aromatic carbocycles. The SMILES string of the molecule is Cc1ccc(NC(=O)[C@@H](C)NC(=O)c2ccc(Br)s2)cc1F. The van der Waals surface area contributed by atoms with E-state index < -0.39 is 17.8 Å². The van der Waals surface area contributed by atoms with Crippen molar-refractivity contribution >= 4 is 44.8 Å². The first-order valence-corrected chi connectivity index (χ1v) is 8.11. The zero-order valence-corrected chi connectivity index (χ0v) is 14.3. The van der Waals surface area contributed by atoms with Crippen molar-refractivity contribution in [1.29, 1.82) is 0 Å². The van der Waals surface area contributed by atoms with Crippen LogP contribution in [0.4, 0.5) is 10.1 Å². The van der Waals surface area contributed by atoms with Crippen molar-refractivity contribution in [3.05, 3.63) is 50.4 Å². The van der Waals surface area contributed by atoms with Crippen molar-refractivity contribution in [2.45, 2.75) is 19.9 Å². The average molecular weight is 385 g/mol. The molecule has 1 atom stereocenters. The first kappa shape index (κ1) is 16.6. The molecule has 1 heterocycles. The maximum absolute atomic E-state index is 13.4. The van der Waals surface area contributed by atoms with E-state index in [0.29, 0.717) is 16.1 Å². The molecule has 2 aromatic rings. The first-order chi connectivity index (χ1) is 10.4. The van der Waals surface area contributed by atoms with E-state index in [1.807, 2.05) is 0 Å². The lowest BCUT2D eigenvalue weighted by atomic mass is 10.2. The highest BCUT2D eigenvalue weighted by Crippen LogP contribution is 2.22. The van der Waals surface area contributed by atoms with Gasteiger partial charge in [-0.2, -0.15) is 0 Å². The van der Waals surface area contributed by atoms with Gasteiger partial charge in [-0.1, -0.05) is 6.07 Å². The lowest BCUT2D eigenvalue weighted by Crippen LogP contribution is -2.41. The number of rotatable bonds is 4. The van der Waals surface area contributed by atoms with Crippen LogP contribution < -0.4 is 10.6 Å². The minimum Gasteiger partial charge on any atom is -0.340 e. The number of hydrogen-bond donors (Lipinski definition) is 2. The van der Waals surface area contributed by atoms with E-state index in [0.717, 1.165) is 3.79 Å². The summed E-state index contributed by atoms with van der Waals surface area (Å²) in [7, 11) is 0. The Morgan fingerprint density at radius 1 is 1.27 bits per heavy atom. The van der Waals surface area contributed by atoms with E-state index in [1.54, 1.807) is 38.1 Å². The van der Waals surface area contributed by atoms with Gasteiger partial charge in [-0.3, -0.25) is 9.59 Å². The van der Waals surface area contributed by atoms with Crippen molar-refractivity contribution in [1.82, 2.24) is 5.32 Å². The van der Waals surface area contributed by atoms with Gasteiger partial charge in [0.1, 0.15) is 11.9 Å². The number of halogens is 2. The van der Waals surface area contributed by atoms with Crippen LogP contribution in [-0.4, -0.2) is 17.9 Å². The molecule has 116 valence electrons. The number of benzene rings is 1. The summed E-state index contributed by atoms with van der Waals surface area (Å²) in [5.74, 6) is -1.13. The monoisotopic (exact) mass is 384 g/mol. The third-order valence-corrected chi connectivity index (χ3v) is 4.60. The second-order valence-corrected chi connectivity index (χ2v) is 7.22. The molecule has 0 saturated heterocycles. The first-order valence-electron chi connectivity index (χ1n) is 6.50. The molecule has 0 radical (unpaired) electrons. The van der Waals surface area contributed by atoms with Crippen LogP contribution in [0.3, 0.4) is 0 Å². The number of amides is 2. The summed E-state index contributed by atoms with van der Waals surface area (Å²) < 4.78 is 14.3. The summed E-state index contributed by atoms with van der Waals surface area (Å²) in [5.41, 5.74) is 0.857. The van der Waals surface area contributed by atoms with Crippen LogP contribution in [0.15, 0.2) is 34.1 Å². The number of nitrogens with one attached hydrogen (secondary N) is 2. The third kappa shape index (κ3) is 4.14. The summed E-state index contributed by atoms with van der Waals surface area (Å²) >= 11 is 4.56. The van der Waals surface area contributed by atoms with Gasteiger partial charge in [0, 0.05) is 5.69 Å². The fourth-order valence-corrected chi connectivity index (χ4v) is 2.98. The Kier molecular flexibility index (Phi) is 5.31. The number of hydrogen-bond acceptors (Lipinski definition) is 3. The van der Waals surface area contributed by atoms with Crippen LogP contribution in [0.2, 0.25) is 0 Å². The van der Waals surface area contributed by atoms with E-state index in [-0.39, 0.29) is 5.91 Å². The molecule has 0 unspecified atom stereocenters. The lowest BCUT2D eigenvalue weighted by Gasteiger charge is -2.14. The second-order valence-electron chi connectivity index (χ2n) is 4.75. The number of aryl methyl sites for hydroxylation is 1. The number of carbonyl (C=O) groups is 2. The smallest absolute Gasteiger partial charge is 0.262 e. The minimum atomic E-state index is -0.738. The molecule has 0 bridgehead atoms. The molecule has 2 amide bonds. The Balaban J connectivity index is 1.97. The fraction of sp³-hybridized carbons (Fsp3) is 0.200. The van der Waals surface area contributed by atoms with Gasteiger partial charge in [0.15, 0.2) is 0 Å². The maximum Gasteiger partial charge on any atom is 0.262 e. The van der Waals surface area contributed by atoms with E-state index in [4.69, 9.17) is 0 Å². The topological polar surface area (TPSA) is 58.2 Å². The summed E-state index contributed by atoms with van der Waals surface area (Å²) in [6.45, 7) is 3.21. The molecule has 0 aliphatic rings. The molecule has 0 fully saturated rings. The van der Waals surface area contributed by atoms with Crippen LogP contribution in [0.5, 0.6) is 0 Å². The third-order valence-electron chi connectivity index (χ3n) is 2.98. The normalized spacial score (nSPS) is 11.8. The van der Waals surface area contributed by atoms with Gasteiger partial charge in [0.2, 0.25) is 5.91 Å². The quantitative estimate of drug-likeness (QED) is 0.843. The zero-order chi connectivity index (χ0) is 16.3. The van der Waals surface area contributed by atoms with Gasteiger partial charge in [-0.05, 0) is 59.6 Å². The molecular weight excluding hydrogens is 371 g/mol. The average Bonchev–Trinajstić information content (AvgIpc) is 2.89. The molecule has 0 spiro atoms. The van der Waals surface area contributed by atoms with E-state index in [2.05, 4.69) is 26.6 Å². The fourth-order valence-electron chi connectivity index (χ4n) is 1.69. The molecule has 0 aliphatic carbocycles. The number of carbonyl (C=O) groups excluding carboxylic acids is 2. The number of thiophene rings is 1. The highest BCUT2D eigenvalue weighted by Gasteiger charge is 2.18.